The minimum absolute atomic E-state index is 0.0153. The summed E-state index contributed by atoms with van der Waals surface area (Å²) in [5.41, 5.74) is 2.14. The molecule has 0 radical (unpaired) electrons. The van der Waals surface area contributed by atoms with Crippen LogP contribution in [0.1, 0.15) is 24.8 Å². The second-order valence-electron chi connectivity index (χ2n) is 8.10. The molecule has 2 aliphatic heterocycles. The van der Waals surface area contributed by atoms with E-state index in [1.807, 2.05) is 47.8 Å². The fraction of sp³-hybridized carbons (Fsp3) is 0.364. The van der Waals surface area contributed by atoms with E-state index in [4.69, 9.17) is 7.94 Å². The van der Waals surface area contributed by atoms with Gasteiger partial charge >= 0.3 is 175 Å². The van der Waals surface area contributed by atoms with Crippen molar-refractivity contribution >= 4 is 43.4 Å². The topological polar surface area (TPSA) is 97.6 Å². The number of allylic oxidation sites excluding steroid dienone is 1. The molecule has 3 aliphatic rings. The number of nitrogens with one attached hydrogen (secondary N) is 2. The van der Waals surface area contributed by atoms with Crippen molar-refractivity contribution in [1.29, 1.82) is 0 Å². The summed E-state index contributed by atoms with van der Waals surface area (Å²) < 4.78 is 15.2. The predicted molar refractivity (Wildman–Crippen MR) is 126 cm³/mol. The fourth-order valence-corrected chi connectivity index (χ4v) is 7.71. The molecule has 2 atom stereocenters. The van der Waals surface area contributed by atoms with Crippen LogP contribution in [-0.2, 0) is 23.0 Å². The average Bonchev–Trinajstić information content (AvgIpc) is 3.07. The number of ether oxygens (including phenoxy) is 1. The van der Waals surface area contributed by atoms with Crippen LogP contribution in [0.3, 0.4) is 0 Å². The fourth-order valence-electron chi connectivity index (χ4n) is 4.06. The minimum atomic E-state index is -1.95. The summed E-state index contributed by atoms with van der Waals surface area (Å²) in [6.45, 7) is 0.992. The summed E-state index contributed by atoms with van der Waals surface area (Å²) in [4.78, 5) is 24.7. The van der Waals surface area contributed by atoms with Gasteiger partial charge in [-0.2, -0.15) is 0 Å². The number of carbonyl (C=O) groups is 2. The Balaban J connectivity index is 1.23. The third kappa shape index (κ3) is 4.42. The van der Waals surface area contributed by atoms with E-state index in [1.165, 1.54) is 0 Å². The molecule has 2 fully saturated rings. The van der Waals surface area contributed by atoms with Crippen molar-refractivity contribution in [2.75, 3.05) is 11.9 Å². The molecule has 2 N–H and O–H groups in total. The zero-order valence-electron chi connectivity index (χ0n) is 17.2. The summed E-state index contributed by atoms with van der Waals surface area (Å²) in [5, 5.41) is 10.5. The molecule has 2 unspecified atom stereocenters. The van der Waals surface area contributed by atoms with E-state index >= 15 is 0 Å². The van der Waals surface area contributed by atoms with Gasteiger partial charge < -0.3 is 0 Å². The van der Waals surface area contributed by atoms with Crippen molar-refractivity contribution in [2.45, 2.75) is 37.3 Å². The molecule has 9 heteroatoms. The van der Waals surface area contributed by atoms with Crippen LogP contribution in [0.15, 0.2) is 50.0 Å². The van der Waals surface area contributed by atoms with Gasteiger partial charge in [0.05, 0.1) is 0 Å². The molecule has 162 valence electrons. The van der Waals surface area contributed by atoms with Crippen LogP contribution in [-0.4, -0.2) is 45.6 Å². The van der Waals surface area contributed by atoms with Crippen LogP contribution in [0, 0.1) is 3.57 Å². The Hall–Kier alpha value is -2.53. The van der Waals surface area contributed by atoms with Gasteiger partial charge in [0, 0.05) is 0 Å². The molecule has 1 aromatic heterocycles. The second kappa shape index (κ2) is 8.19. The van der Waals surface area contributed by atoms with Crippen LogP contribution in [0.4, 0.5) is 10.5 Å². The maximum atomic E-state index is 12.4. The van der Waals surface area contributed by atoms with Crippen molar-refractivity contribution in [2.24, 2.45) is 10.3 Å². The Morgan fingerprint density at radius 2 is 2.35 bits per heavy atom. The van der Waals surface area contributed by atoms with Crippen LogP contribution >= 0.6 is 20.1 Å². The normalized spacial score (nSPS) is 25.6. The summed E-state index contributed by atoms with van der Waals surface area (Å²) in [6, 6.07) is 7.49. The molecule has 1 aromatic carbocycles. The number of rotatable bonds is 5. The van der Waals surface area contributed by atoms with E-state index in [-0.39, 0.29) is 17.4 Å². The number of aromatic nitrogens is 2. The number of hydrogen-bond acceptors (Lipinski definition) is 6. The van der Waals surface area contributed by atoms with E-state index in [1.54, 1.807) is 10.8 Å². The van der Waals surface area contributed by atoms with Crippen LogP contribution < -0.4 is 10.6 Å². The van der Waals surface area contributed by atoms with Crippen molar-refractivity contribution in [3.05, 3.63) is 56.0 Å². The number of hydrogen-bond donors (Lipinski definition) is 2. The van der Waals surface area contributed by atoms with E-state index in [0.717, 1.165) is 34.9 Å². The Morgan fingerprint density at radius 3 is 3.13 bits per heavy atom. The zero-order valence-corrected chi connectivity index (χ0v) is 19.3. The molecule has 8 nitrogen and oxygen atoms in total. The first kappa shape index (κ1) is 20.4. The molecule has 1 saturated heterocycles. The van der Waals surface area contributed by atoms with Gasteiger partial charge in [-0.3, -0.25) is 0 Å². The monoisotopic (exact) mass is 533 g/mol. The zero-order chi connectivity index (χ0) is 21.4. The molecule has 2 aromatic rings. The number of nitrogens with zero attached hydrogens (tertiary/aromatic N) is 3. The molecule has 5 rings (SSSR count). The van der Waals surface area contributed by atoms with Gasteiger partial charge in [-0.25, -0.2) is 0 Å². The van der Waals surface area contributed by atoms with Gasteiger partial charge in [-0.15, -0.1) is 0 Å². The third-order valence-corrected chi connectivity index (χ3v) is 9.76. The van der Waals surface area contributed by atoms with Crippen molar-refractivity contribution < 1.29 is 14.3 Å². The van der Waals surface area contributed by atoms with Gasteiger partial charge in [-0.1, -0.05) is 0 Å². The Labute approximate surface area is 187 Å². The van der Waals surface area contributed by atoms with Gasteiger partial charge in [0.15, 0.2) is 0 Å². The molecule has 3 heterocycles. The van der Waals surface area contributed by atoms with Crippen LogP contribution in [0.2, 0.25) is 0 Å². The maximum absolute atomic E-state index is 12.4. The number of ketones is 1. The van der Waals surface area contributed by atoms with E-state index in [9.17, 15) is 9.59 Å². The van der Waals surface area contributed by atoms with E-state index in [0.29, 0.717) is 17.8 Å². The number of anilines is 1. The first-order valence-electron chi connectivity index (χ1n) is 10.3. The van der Waals surface area contributed by atoms with Crippen molar-refractivity contribution in [3.63, 3.8) is 0 Å². The molecular weight excluding hydrogens is 509 g/mol. The molecule has 1 amide bonds. The average molecular weight is 533 g/mol. The number of amides is 1. The first-order chi connectivity index (χ1) is 15.0. The van der Waals surface area contributed by atoms with Crippen LogP contribution in [0.5, 0.6) is 0 Å². The summed E-state index contributed by atoms with van der Waals surface area (Å²) >= 11 is -1.95. The summed E-state index contributed by atoms with van der Waals surface area (Å²) in [5.74, 6) is -0.0571. The van der Waals surface area contributed by atoms with Crippen molar-refractivity contribution in [1.82, 2.24) is 15.1 Å². The van der Waals surface area contributed by atoms with Crippen molar-refractivity contribution in [3.8, 4) is 0 Å². The Bertz CT molecular complexity index is 1090. The van der Waals surface area contributed by atoms with Gasteiger partial charge in [0.25, 0.3) is 0 Å². The predicted octanol–water partition coefficient (Wildman–Crippen LogP) is 3.23. The van der Waals surface area contributed by atoms with Gasteiger partial charge in [0.2, 0.25) is 0 Å². The number of halogens is 1. The molecule has 1 saturated carbocycles. The standard InChI is InChI=1S/C22H24IN5O3/c1-28-14-16(13-25-28)23-8-6-19(29)18(27-23)11-15-4-2-5-17(10-15)26-21(30)31-20-12-22(20)7-3-9-24-22/h2,4-6,8,10,13-14,20,24H,3,7,9,11-12H2,1H3,(H,26,30). The van der Waals surface area contributed by atoms with Gasteiger partial charge in [0.1, 0.15) is 0 Å². The molecule has 1 spiro atoms. The number of benzene rings is 1. The summed E-state index contributed by atoms with van der Waals surface area (Å²) in [7, 11) is 1.87. The van der Waals surface area contributed by atoms with Gasteiger partial charge in [-0.05, 0) is 13.0 Å². The molecular formula is C22H24IN5O3. The third-order valence-electron chi connectivity index (χ3n) is 5.78. The summed E-state index contributed by atoms with van der Waals surface area (Å²) in [6.07, 6.45) is 8.46. The number of carbonyl (C=O) groups excluding carboxylic acids is 2. The molecule has 31 heavy (non-hydrogen) atoms. The SMILES string of the molecule is Cn1cc(I2C=CC(=O)C(Cc3cccc(NC(=O)OC4CC45CCCN5)c3)=N2)cn1. The van der Waals surface area contributed by atoms with E-state index < -0.39 is 26.2 Å². The number of aryl methyl sites for hydroxylation is 1. The van der Waals surface area contributed by atoms with Crippen LogP contribution in [0.25, 0.3) is 0 Å². The molecule has 0 bridgehead atoms. The first-order valence-corrected chi connectivity index (χ1v) is 13.6. The Morgan fingerprint density at radius 1 is 1.45 bits per heavy atom. The Kier molecular flexibility index (Phi) is 5.39. The molecule has 1 aliphatic carbocycles. The quantitative estimate of drug-likeness (QED) is 0.576. The second-order valence-corrected chi connectivity index (χ2v) is 12.2. The van der Waals surface area contributed by atoms with E-state index in [2.05, 4.69) is 15.7 Å².